The second-order valence-electron chi connectivity index (χ2n) is 6.38. The van der Waals surface area contributed by atoms with Crippen LogP contribution in [0, 0.1) is 23.2 Å². The molecule has 2 N–H and O–H groups in total. The molecule has 1 aliphatic heterocycles. The second kappa shape index (κ2) is 4.49. The van der Waals surface area contributed by atoms with Crippen molar-refractivity contribution in [3.05, 3.63) is 0 Å². The first-order chi connectivity index (χ1) is 8.64. The maximum absolute atomic E-state index is 11.4. The third-order valence-electron chi connectivity index (χ3n) is 5.34. The van der Waals surface area contributed by atoms with Crippen LogP contribution in [-0.4, -0.2) is 43.7 Å². The summed E-state index contributed by atoms with van der Waals surface area (Å²) in [5.41, 5.74) is 5.93. The summed E-state index contributed by atoms with van der Waals surface area (Å²) in [6.07, 6.45) is 3.85. The van der Waals surface area contributed by atoms with Crippen molar-refractivity contribution in [2.45, 2.75) is 26.2 Å². The predicted octanol–water partition coefficient (Wildman–Crippen LogP) is 0.856. The maximum Gasteiger partial charge on any atom is 0.221 e. The van der Waals surface area contributed by atoms with Gasteiger partial charge in [0.25, 0.3) is 0 Å². The van der Waals surface area contributed by atoms with E-state index in [-0.39, 0.29) is 11.8 Å². The fourth-order valence-electron chi connectivity index (χ4n) is 3.95. The molecule has 0 aromatic heterocycles. The summed E-state index contributed by atoms with van der Waals surface area (Å²) in [5, 5.41) is 0. The highest BCUT2D eigenvalue weighted by Crippen LogP contribution is 2.68. The third kappa shape index (κ3) is 2.16. The van der Waals surface area contributed by atoms with E-state index in [0.717, 1.165) is 32.8 Å². The molecule has 18 heavy (non-hydrogen) atoms. The van der Waals surface area contributed by atoms with E-state index in [9.17, 15) is 4.79 Å². The van der Waals surface area contributed by atoms with Gasteiger partial charge in [-0.3, -0.25) is 9.69 Å². The lowest BCUT2D eigenvalue weighted by Crippen LogP contribution is -2.37. The Bertz CT molecular complexity index is 335. The number of carbonyl (C=O) groups is 1. The molecule has 2 unspecified atom stereocenters. The lowest BCUT2D eigenvalue weighted by Gasteiger charge is -2.28. The predicted molar refractivity (Wildman–Crippen MR) is 68.9 cm³/mol. The minimum absolute atomic E-state index is 0.0786. The third-order valence-corrected chi connectivity index (χ3v) is 5.34. The van der Waals surface area contributed by atoms with Gasteiger partial charge in [0.1, 0.15) is 0 Å². The highest BCUT2D eigenvalue weighted by atomic mass is 16.5. The quantitative estimate of drug-likeness (QED) is 0.789. The van der Waals surface area contributed by atoms with Crippen LogP contribution in [0.15, 0.2) is 0 Å². The molecule has 0 aromatic carbocycles. The highest BCUT2D eigenvalue weighted by molar-refractivity contribution is 5.80. The molecule has 0 radical (unpaired) electrons. The van der Waals surface area contributed by atoms with Crippen LogP contribution in [0.1, 0.15) is 26.2 Å². The molecule has 0 aromatic rings. The number of nitrogens with zero attached hydrogens (tertiary/aromatic N) is 1. The van der Waals surface area contributed by atoms with Crippen molar-refractivity contribution < 1.29 is 9.53 Å². The van der Waals surface area contributed by atoms with E-state index in [1.807, 2.05) is 0 Å². The number of rotatable bonds is 5. The van der Waals surface area contributed by atoms with Crippen molar-refractivity contribution in [1.82, 2.24) is 4.90 Å². The van der Waals surface area contributed by atoms with E-state index >= 15 is 0 Å². The van der Waals surface area contributed by atoms with Gasteiger partial charge >= 0.3 is 0 Å². The molecule has 4 heteroatoms. The Morgan fingerprint density at radius 2 is 2.06 bits per heavy atom. The van der Waals surface area contributed by atoms with Gasteiger partial charge in [0, 0.05) is 19.0 Å². The summed E-state index contributed by atoms with van der Waals surface area (Å²) in [5.74, 6) is 1.19. The van der Waals surface area contributed by atoms with Crippen LogP contribution in [0.3, 0.4) is 0 Å². The van der Waals surface area contributed by atoms with E-state index in [1.165, 1.54) is 19.3 Å². The molecule has 4 nitrogen and oxygen atoms in total. The summed E-state index contributed by atoms with van der Waals surface area (Å²) in [6.45, 7) is 7.23. The van der Waals surface area contributed by atoms with Gasteiger partial charge < -0.3 is 10.5 Å². The molecule has 102 valence electrons. The van der Waals surface area contributed by atoms with Gasteiger partial charge in [0.2, 0.25) is 5.91 Å². The summed E-state index contributed by atoms with van der Waals surface area (Å²) in [6, 6.07) is 0. The molecule has 1 heterocycles. The second-order valence-corrected chi connectivity index (χ2v) is 6.38. The number of morpholine rings is 1. The minimum Gasteiger partial charge on any atom is -0.379 e. The molecule has 3 rings (SSSR count). The van der Waals surface area contributed by atoms with E-state index < -0.39 is 0 Å². The Morgan fingerprint density at radius 1 is 1.39 bits per heavy atom. The number of carbonyl (C=O) groups excluding carboxylic acids is 1. The number of primary amides is 1. The Hall–Kier alpha value is -0.610. The molecule has 0 bridgehead atoms. The van der Waals surface area contributed by atoms with Crippen molar-refractivity contribution in [2.24, 2.45) is 28.9 Å². The highest BCUT2D eigenvalue weighted by Gasteiger charge is 2.65. The number of ether oxygens (including phenoxy) is 1. The van der Waals surface area contributed by atoms with Crippen molar-refractivity contribution >= 4 is 5.91 Å². The van der Waals surface area contributed by atoms with E-state index in [1.54, 1.807) is 0 Å². The maximum atomic E-state index is 11.4. The smallest absolute Gasteiger partial charge is 0.221 e. The summed E-state index contributed by atoms with van der Waals surface area (Å²) in [4.78, 5) is 13.9. The van der Waals surface area contributed by atoms with Crippen molar-refractivity contribution in [3.63, 3.8) is 0 Å². The molecular formula is C14H24N2O2. The van der Waals surface area contributed by atoms with Gasteiger partial charge in [-0.2, -0.15) is 0 Å². The van der Waals surface area contributed by atoms with Crippen molar-refractivity contribution in [2.75, 3.05) is 32.8 Å². The first kappa shape index (κ1) is 12.4. The van der Waals surface area contributed by atoms with Gasteiger partial charge in [0.15, 0.2) is 0 Å². The number of nitrogens with two attached hydrogens (primary N) is 1. The Balaban J connectivity index is 1.51. The van der Waals surface area contributed by atoms with Crippen LogP contribution >= 0.6 is 0 Å². The van der Waals surface area contributed by atoms with Crippen molar-refractivity contribution in [3.8, 4) is 0 Å². The molecule has 3 fully saturated rings. The summed E-state index contributed by atoms with van der Waals surface area (Å²) >= 11 is 0. The average Bonchev–Trinajstić information content (AvgIpc) is 3.24. The van der Waals surface area contributed by atoms with Crippen LogP contribution in [0.5, 0.6) is 0 Å². The van der Waals surface area contributed by atoms with E-state index in [4.69, 9.17) is 10.5 Å². The molecule has 2 saturated carbocycles. The van der Waals surface area contributed by atoms with Gasteiger partial charge in [-0.05, 0) is 43.1 Å². The van der Waals surface area contributed by atoms with Gasteiger partial charge in [0.05, 0.1) is 13.2 Å². The number of amides is 1. The van der Waals surface area contributed by atoms with Crippen LogP contribution in [0.25, 0.3) is 0 Å². The van der Waals surface area contributed by atoms with E-state index in [2.05, 4.69) is 11.8 Å². The zero-order valence-electron chi connectivity index (χ0n) is 11.2. The molecule has 3 aliphatic rings. The number of hydrogen-bond acceptors (Lipinski definition) is 3. The molecule has 1 amide bonds. The fourth-order valence-corrected chi connectivity index (χ4v) is 3.95. The van der Waals surface area contributed by atoms with Crippen LogP contribution in [-0.2, 0) is 9.53 Å². The lowest BCUT2D eigenvalue weighted by atomic mass is 9.93. The molecule has 3 atom stereocenters. The van der Waals surface area contributed by atoms with E-state index in [0.29, 0.717) is 17.3 Å². The molecule has 0 spiro atoms. The lowest BCUT2D eigenvalue weighted by molar-refractivity contribution is -0.119. The Kier molecular flexibility index (Phi) is 3.10. The average molecular weight is 252 g/mol. The van der Waals surface area contributed by atoms with Crippen LogP contribution < -0.4 is 5.73 Å². The normalized spacial score (nSPS) is 38.4. The number of hydrogen-bond donors (Lipinski definition) is 1. The zero-order valence-corrected chi connectivity index (χ0v) is 11.2. The monoisotopic (exact) mass is 252 g/mol. The Labute approximate surface area is 109 Å². The molecule has 1 saturated heterocycles. The summed E-state index contributed by atoms with van der Waals surface area (Å²) < 4.78 is 5.37. The fraction of sp³-hybridized carbons (Fsp3) is 0.929. The zero-order chi connectivity index (χ0) is 12.8. The molecule has 2 aliphatic carbocycles. The SMILES string of the molecule is CC1C(C2(CCN3CCOCC3)CC2)[C@H]1C(N)=O. The van der Waals surface area contributed by atoms with Crippen molar-refractivity contribution in [1.29, 1.82) is 0 Å². The van der Waals surface area contributed by atoms with Gasteiger partial charge in [-0.25, -0.2) is 0 Å². The topological polar surface area (TPSA) is 55.6 Å². The van der Waals surface area contributed by atoms with Gasteiger partial charge in [-0.1, -0.05) is 6.92 Å². The Morgan fingerprint density at radius 3 is 2.56 bits per heavy atom. The minimum atomic E-state index is -0.0786. The van der Waals surface area contributed by atoms with Crippen LogP contribution in [0.2, 0.25) is 0 Å². The largest absolute Gasteiger partial charge is 0.379 e. The summed E-state index contributed by atoms with van der Waals surface area (Å²) in [7, 11) is 0. The van der Waals surface area contributed by atoms with Gasteiger partial charge in [-0.15, -0.1) is 0 Å². The first-order valence-electron chi connectivity index (χ1n) is 7.23. The molecular weight excluding hydrogens is 228 g/mol. The van der Waals surface area contributed by atoms with Crippen LogP contribution in [0.4, 0.5) is 0 Å². The standard InChI is InChI=1S/C14H24N2O2/c1-10-11(13(15)17)12(10)14(2-3-14)4-5-16-6-8-18-9-7-16/h10-12H,2-9H2,1H3,(H2,15,17)/t10?,11-,12?/m0/s1. The first-order valence-corrected chi connectivity index (χ1v) is 7.23.